The molecule has 22 heavy (non-hydrogen) atoms. The summed E-state index contributed by atoms with van der Waals surface area (Å²) in [5.74, 6) is 0.799. The van der Waals surface area contributed by atoms with Crippen LogP contribution in [0.25, 0.3) is 0 Å². The van der Waals surface area contributed by atoms with Crippen LogP contribution in [-0.4, -0.2) is 23.3 Å². The smallest absolute Gasteiger partial charge is 0.156 e. The van der Waals surface area contributed by atoms with Crippen molar-refractivity contribution in [2.45, 2.75) is 45.4 Å². The molecule has 0 radical (unpaired) electrons. The zero-order valence-electron chi connectivity index (χ0n) is 13.0. The van der Waals surface area contributed by atoms with Gasteiger partial charge in [-0.05, 0) is 55.7 Å². The minimum atomic E-state index is -0.308. The van der Waals surface area contributed by atoms with Gasteiger partial charge in [0.1, 0.15) is 5.78 Å². The van der Waals surface area contributed by atoms with Gasteiger partial charge in [0, 0.05) is 23.7 Å². The summed E-state index contributed by atoms with van der Waals surface area (Å²) in [5, 5.41) is 10.2. The van der Waals surface area contributed by atoms with Gasteiger partial charge in [0.25, 0.3) is 0 Å². The maximum Gasteiger partial charge on any atom is 0.156 e. The van der Waals surface area contributed by atoms with Crippen molar-refractivity contribution in [2.75, 3.05) is 6.61 Å². The van der Waals surface area contributed by atoms with Gasteiger partial charge in [-0.15, -0.1) is 0 Å². The van der Waals surface area contributed by atoms with Gasteiger partial charge >= 0.3 is 0 Å². The van der Waals surface area contributed by atoms with Crippen LogP contribution in [0.15, 0.2) is 34.9 Å². The molecule has 3 heteroatoms. The maximum atomic E-state index is 12.3. The Bertz CT molecular complexity index is 666. The van der Waals surface area contributed by atoms with E-state index in [2.05, 4.69) is 13.0 Å². The average molecular weight is 298 g/mol. The molecule has 0 aromatic heterocycles. The molecule has 0 aromatic carbocycles. The third kappa shape index (κ3) is 1.60. The van der Waals surface area contributed by atoms with Crippen molar-refractivity contribution in [1.29, 1.82) is 0 Å². The second kappa shape index (κ2) is 4.51. The Morgan fingerprint density at radius 1 is 1.18 bits per heavy atom. The minimum absolute atomic E-state index is 0.0859. The van der Waals surface area contributed by atoms with E-state index in [0.717, 1.165) is 31.3 Å². The van der Waals surface area contributed by atoms with Gasteiger partial charge in [-0.3, -0.25) is 9.59 Å². The molecule has 0 saturated heterocycles. The molecule has 0 amide bonds. The molecule has 0 heterocycles. The van der Waals surface area contributed by atoms with Crippen molar-refractivity contribution in [2.24, 2.45) is 16.7 Å². The third-order valence-electron chi connectivity index (χ3n) is 6.64. The highest BCUT2D eigenvalue weighted by Gasteiger charge is 2.53. The van der Waals surface area contributed by atoms with E-state index in [1.165, 1.54) is 11.1 Å². The first-order chi connectivity index (χ1) is 10.5. The molecule has 4 rings (SSSR count). The molecular formula is C19H22O3. The highest BCUT2D eigenvalue weighted by Crippen LogP contribution is 2.59. The Balaban J connectivity index is 1.90. The summed E-state index contributed by atoms with van der Waals surface area (Å²) in [5.41, 5.74) is 2.98. The summed E-state index contributed by atoms with van der Waals surface area (Å²) in [7, 11) is 0. The zero-order chi connectivity index (χ0) is 15.5. The molecule has 0 spiro atoms. The van der Waals surface area contributed by atoms with Crippen LogP contribution in [-0.2, 0) is 9.59 Å². The van der Waals surface area contributed by atoms with E-state index >= 15 is 0 Å². The summed E-state index contributed by atoms with van der Waals surface area (Å²) in [6.45, 7) is 2.18. The van der Waals surface area contributed by atoms with Crippen LogP contribution in [0.2, 0.25) is 0 Å². The maximum absolute atomic E-state index is 12.3. The molecule has 116 valence electrons. The lowest BCUT2D eigenvalue weighted by atomic mass is 9.54. The first kappa shape index (κ1) is 14.1. The number of hydrogen-bond acceptors (Lipinski definition) is 3. The van der Waals surface area contributed by atoms with E-state index in [0.29, 0.717) is 18.6 Å². The number of allylic oxidation sites excluding steroid dienone is 5. The first-order valence-corrected chi connectivity index (χ1v) is 8.32. The lowest BCUT2D eigenvalue weighted by molar-refractivity contribution is -0.124. The predicted molar refractivity (Wildman–Crippen MR) is 83.1 cm³/mol. The van der Waals surface area contributed by atoms with Crippen molar-refractivity contribution >= 4 is 11.6 Å². The lowest BCUT2D eigenvalue weighted by Gasteiger charge is -2.50. The van der Waals surface area contributed by atoms with Gasteiger partial charge in [0.05, 0.1) is 6.61 Å². The van der Waals surface area contributed by atoms with Crippen LogP contribution >= 0.6 is 0 Å². The van der Waals surface area contributed by atoms with Gasteiger partial charge in [-0.2, -0.15) is 0 Å². The largest absolute Gasteiger partial charge is 0.395 e. The molecular weight excluding hydrogens is 276 g/mol. The number of fused-ring (bicyclic) bond motifs is 4. The number of carbonyl (C=O) groups excluding carboxylic acids is 2. The standard InChI is InChI=1S/C19H22O3/c1-18-8-7-16-14(15(18)4-5-17(18)22)3-2-12-10-13(21)6-9-19(12,16)11-20/h2-3,10,16,20H,4-9,11H2,1H3/t16-,18+,19-/m1/s1. The van der Waals surface area contributed by atoms with Crippen LogP contribution in [0.4, 0.5) is 0 Å². The number of ketones is 2. The fraction of sp³-hybridized carbons (Fsp3) is 0.579. The molecule has 4 aliphatic carbocycles. The topological polar surface area (TPSA) is 54.4 Å². The van der Waals surface area contributed by atoms with E-state index in [1.807, 2.05) is 6.08 Å². The van der Waals surface area contributed by atoms with Crippen LogP contribution < -0.4 is 0 Å². The van der Waals surface area contributed by atoms with E-state index in [-0.39, 0.29) is 29.1 Å². The number of carbonyl (C=O) groups is 2. The SMILES string of the molecule is C[C@]12CC[C@@H]3C(=C1CCC2=O)C=CC1=CC(=O)CC[C@@]13CO. The number of hydrogen-bond donors (Lipinski definition) is 1. The summed E-state index contributed by atoms with van der Waals surface area (Å²) < 4.78 is 0. The summed E-state index contributed by atoms with van der Waals surface area (Å²) in [6.07, 6.45) is 10.4. The molecule has 0 unspecified atom stereocenters. The summed E-state index contributed by atoms with van der Waals surface area (Å²) in [4.78, 5) is 24.1. The number of aliphatic hydroxyl groups is 1. The Morgan fingerprint density at radius 2 is 2.00 bits per heavy atom. The summed E-state index contributed by atoms with van der Waals surface area (Å²) in [6, 6.07) is 0. The molecule has 4 aliphatic rings. The Hall–Kier alpha value is -1.48. The fourth-order valence-electron chi connectivity index (χ4n) is 5.23. The highest BCUT2D eigenvalue weighted by atomic mass is 16.3. The van der Waals surface area contributed by atoms with Crippen molar-refractivity contribution in [3.8, 4) is 0 Å². The fourth-order valence-corrected chi connectivity index (χ4v) is 5.23. The number of rotatable bonds is 1. The quantitative estimate of drug-likeness (QED) is 0.810. The predicted octanol–water partition coefficient (Wildman–Crippen LogP) is 2.90. The van der Waals surface area contributed by atoms with Crippen molar-refractivity contribution in [3.63, 3.8) is 0 Å². The van der Waals surface area contributed by atoms with Crippen molar-refractivity contribution in [3.05, 3.63) is 34.9 Å². The molecule has 3 atom stereocenters. The molecule has 1 N–H and O–H groups in total. The molecule has 0 bridgehead atoms. The van der Waals surface area contributed by atoms with Gasteiger partial charge in [0.2, 0.25) is 0 Å². The average Bonchev–Trinajstić information content (AvgIpc) is 2.82. The first-order valence-electron chi connectivity index (χ1n) is 8.32. The van der Waals surface area contributed by atoms with Gasteiger partial charge in [0.15, 0.2) is 5.78 Å². The normalized spacial score (nSPS) is 40.3. The van der Waals surface area contributed by atoms with Gasteiger partial charge in [-0.25, -0.2) is 0 Å². The Labute approximate surface area is 130 Å². The van der Waals surface area contributed by atoms with E-state index in [9.17, 15) is 14.7 Å². The van der Waals surface area contributed by atoms with Crippen LogP contribution in [0.3, 0.4) is 0 Å². The molecule has 0 aliphatic heterocycles. The van der Waals surface area contributed by atoms with E-state index in [4.69, 9.17) is 0 Å². The van der Waals surface area contributed by atoms with Crippen LogP contribution in [0.1, 0.15) is 45.4 Å². The molecule has 3 nitrogen and oxygen atoms in total. The second-order valence-corrected chi connectivity index (χ2v) is 7.49. The van der Waals surface area contributed by atoms with Crippen LogP contribution in [0, 0.1) is 16.7 Å². The van der Waals surface area contributed by atoms with Gasteiger partial charge in [-0.1, -0.05) is 17.7 Å². The number of Topliss-reactive ketones (excluding diaryl/α,β-unsaturated/α-hetero) is 1. The van der Waals surface area contributed by atoms with Crippen LogP contribution in [0.5, 0.6) is 0 Å². The van der Waals surface area contributed by atoms with E-state index < -0.39 is 0 Å². The highest BCUT2D eigenvalue weighted by molar-refractivity contribution is 5.93. The third-order valence-corrected chi connectivity index (χ3v) is 6.64. The number of aliphatic hydroxyl groups excluding tert-OH is 1. The van der Waals surface area contributed by atoms with E-state index in [1.54, 1.807) is 6.08 Å². The zero-order valence-corrected chi connectivity index (χ0v) is 13.0. The lowest BCUT2D eigenvalue weighted by Crippen LogP contribution is -2.45. The minimum Gasteiger partial charge on any atom is -0.395 e. The Kier molecular flexibility index (Phi) is 2.90. The Morgan fingerprint density at radius 3 is 2.77 bits per heavy atom. The summed E-state index contributed by atoms with van der Waals surface area (Å²) >= 11 is 0. The molecule has 0 aromatic rings. The molecule has 1 saturated carbocycles. The van der Waals surface area contributed by atoms with Crippen molar-refractivity contribution < 1.29 is 14.7 Å². The monoisotopic (exact) mass is 298 g/mol. The second-order valence-electron chi connectivity index (χ2n) is 7.49. The molecule has 1 fully saturated rings. The van der Waals surface area contributed by atoms with Gasteiger partial charge < -0.3 is 5.11 Å². The van der Waals surface area contributed by atoms with Crippen molar-refractivity contribution in [1.82, 2.24) is 0 Å².